The molecule has 0 radical (unpaired) electrons. The molecule has 0 aliphatic carbocycles. The Labute approximate surface area is 193 Å². The second-order valence-electron chi connectivity index (χ2n) is 7.32. The normalized spacial score (nSPS) is 11.6. The molecule has 0 aliphatic heterocycles. The Bertz CT molecular complexity index is 923. The van der Waals surface area contributed by atoms with E-state index in [1.807, 2.05) is 31.2 Å². The van der Waals surface area contributed by atoms with Crippen molar-refractivity contribution < 1.29 is 9.53 Å². The van der Waals surface area contributed by atoms with E-state index in [-0.39, 0.29) is 41.0 Å². The van der Waals surface area contributed by atoms with E-state index in [1.165, 1.54) is 5.56 Å². The topological polar surface area (TPSA) is 169 Å². The van der Waals surface area contributed by atoms with Gasteiger partial charge in [0, 0.05) is 19.1 Å². The van der Waals surface area contributed by atoms with E-state index in [0.29, 0.717) is 6.54 Å². The number of hydrogen-bond acceptors (Lipinski definition) is 7. The van der Waals surface area contributed by atoms with Crippen molar-refractivity contribution in [3.63, 3.8) is 0 Å². The van der Waals surface area contributed by atoms with Crippen LogP contribution in [0.3, 0.4) is 0 Å². The SMILES string of the molecule is CCCC(CNC(=O)c1nc(Cl)c(N)nc1N)N(CCCc1ccc(OC)cc1)C(=N)N. The van der Waals surface area contributed by atoms with Crippen molar-refractivity contribution in [2.75, 3.05) is 31.7 Å². The van der Waals surface area contributed by atoms with Crippen LogP contribution in [0.25, 0.3) is 0 Å². The van der Waals surface area contributed by atoms with Gasteiger partial charge >= 0.3 is 0 Å². The summed E-state index contributed by atoms with van der Waals surface area (Å²) in [5.41, 5.74) is 18.3. The fourth-order valence-corrected chi connectivity index (χ4v) is 3.48. The molecule has 32 heavy (non-hydrogen) atoms. The van der Waals surface area contributed by atoms with Crippen LogP contribution in [0, 0.1) is 5.41 Å². The van der Waals surface area contributed by atoms with Crippen LogP contribution in [0.1, 0.15) is 42.2 Å². The van der Waals surface area contributed by atoms with E-state index in [2.05, 4.69) is 15.3 Å². The molecule has 0 aliphatic rings. The number of anilines is 2. The first-order valence-electron chi connectivity index (χ1n) is 10.4. The molecule has 8 N–H and O–H groups in total. The number of hydrogen-bond donors (Lipinski definition) is 5. The Morgan fingerprint density at radius 3 is 2.53 bits per heavy atom. The van der Waals surface area contributed by atoms with Crippen LogP contribution in [0.15, 0.2) is 24.3 Å². The predicted octanol–water partition coefficient (Wildman–Crippen LogP) is 2.03. The van der Waals surface area contributed by atoms with Gasteiger partial charge in [0.25, 0.3) is 5.91 Å². The van der Waals surface area contributed by atoms with Crippen molar-refractivity contribution in [2.24, 2.45) is 5.73 Å². The number of nitrogens with one attached hydrogen (secondary N) is 2. The fraction of sp³-hybridized carbons (Fsp3) is 0.429. The molecule has 0 bridgehead atoms. The molecule has 0 spiro atoms. The average Bonchev–Trinajstić information content (AvgIpc) is 2.77. The summed E-state index contributed by atoms with van der Waals surface area (Å²) in [6, 6.07) is 7.72. The highest BCUT2D eigenvalue weighted by atomic mass is 35.5. The average molecular weight is 463 g/mol. The second kappa shape index (κ2) is 11.9. The van der Waals surface area contributed by atoms with E-state index in [1.54, 1.807) is 12.0 Å². The number of halogens is 1. The molecule has 1 unspecified atom stereocenters. The number of guanidine groups is 1. The van der Waals surface area contributed by atoms with Crippen molar-refractivity contribution in [3.8, 4) is 5.75 Å². The number of rotatable bonds is 11. The Morgan fingerprint density at radius 2 is 1.94 bits per heavy atom. The third-order valence-electron chi connectivity index (χ3n) is 5.01. The lowest BCUT2D eigenvalue weighted by Crippen LogP contribution is -2.50. The summed E-state index contributed by atoms with van der Waals surface area (Å²) < 4.78 is 5.18. The molecule has 0 fully saturated rings. The van der Waals surface area contributed by atoms with Gasteiger partial charge in [0.05, 0.1) is 7.11 Å². The van der Waals surface area contributed by atoms with Crippen molar-refractivity contribution in [1.82, 2.24) is 20.2 Å². The number of nitrogens with zero attached hydrogens (tertiary/aromatic N) is 3. The standard InChI is InChI=1S/C21H31ClN8O2/c1-3-5-14(12-27-20(31)16-18(23)29-19(24)17(22)28-16)30(21(25)26)11-4-6-13-7-9-15(32-2)10-8-13/h7-10,14H,3-6,11-12H2,1-2H3,(H3,25,26)(H,27,31)(H4,23,24,29). The Morgan fingerprint density at radius 1 is 1.25 bits per heavy atom. The Kier molecular flexibility index (Phi) is 9.33. The molecule has 1 aromatic carbocycles. The van der Waals surface area contributed by atoms with Crippen molar-refractivity contribution in [3.05, 3.63) is 40.7 Å². The van der Waals surface area contributed by atoms with Gasteiger partial charge in [-0.05, 0) is 37.0 Å². The summed E-state index contributed by atoms with van der Waals surface area (Å²) in [4.78, 5) is 22.1. The first kappa shape index (κ1) is 25.0. The number of aromatic nitrogens is 2. The molecule has 0 saturated heterocycles. The fourth-order valence-electron chi connectivity index (χ4n) is 3.35. The van der Waals surface area contributed by atoms with Gasteiger partial charge in [0.1, 0.15) is 5.75 Å². The maximum absolute atomic E-state index is 12.6. The lowest BCUT2D eigenvalue weighted by molar-refractivity contribution is 0.0937. The van der Waals surface area contributed by atoms with Crippen molar-refractivity contribution >= 4 is 35.1 Å². The Hall–Kier alpha value is -3.27. The molecule has 174 valence electrons. The minimum absolute atomic E-state index is 0.0378. The van der Waals surface area contributed by atoms with E-state index < -0.39 is 5.91 Å². The van der Waals surface area contributed by atoms with Crippen LogP contribution in [0.2, 0.25) is 5.15 Å². The molecule has 2 rings (SSSR count). The zero-order valence-electron chi connectivity index (χ0n) is 18.4. The van der Waals surface area contributed by atoms with Crippen LogP contribution in [0.4, 0.5) is 11.6 Å². The molecular formula is C21H31ClN8O2. The van der Waals surface area contributed by atoms with Gasteiger partial charge < -0.3 is 32.2 Å². The van der Waals surface area contributed by atoms with Gasteiger partial charge in [0.15, 0.2) is 28.4 Å². The molecule has 1 atom stereocenters. The minimum Gasteiger partial charge on any atom is -0.497 e. The van der Waals surface area contributed by atoms with Crippen molar-refractivity contribution in [1.29, 1.82) is 5.41 Å². The van der Waals surface area contributed by atoms with Gasteiger partial charge in [-0.3, -0.25) is 10.2 Å². The maximum atomic E-state index is 12.6. The molecule has 1 aromatic heterocycles. The van der Waals surface area contributed by atoms with Gasteiger partial charge in [-0.1, -0.05) is 37.1 Å². The van der Waals surface area contributed by atoms with Gasteiger partial charge in [0.2, 0.25) is 0 Å². The maximum Gasteiger partial charge on any atom is 0.273 e. The van der Waals surface area contributed by atoms with E-state index >= 15 is 0 Å². The van der Waals surface area contributed by atoms with Crippen LogP contribution in [0.5, 0.6) is 5.75 Å². The first-order valence-corrected chi connectivity index (χ1v) is 10.7. The molecule has 10 nitrogen and oxygen atoms in total. The van der Waals surface area contributed by atoms with E-state index in [0.717, 1.165) is 31.4 Å². The lowest BCUT2D eigenvalue weighted by atomic mass is 10.1. The van der Waals surface area contributed by atoms with Crippen LogP contribution in [-0.2, 0) is 6.42 Å². The smallest absolute Gasteiger partial charge is 0.273 e. The number of nitrogens with two attached hydrogens (primary N) is 3. The third kappa shape index (κ3) is 6.88. The molecule has 1 heterocycles. The highest BCUT2D eigenvalue weighted by Crippen LogP contribution is 2.18. The highest BCUT2D eigenvalue weighted by Gasteiger charge is 2.22. The largest absolute Gasteiger partial charge is 0.497 e. The monoisotopic (exact) mass is 462 g/mol. The van der Waals surface area contributed by atoms with E-state index in [9.17, 15) is 4.79 Å². The number of benzene rings is 1. The van der Waals surface area contributed by atoms with Crippen LogP contribution in [-0.4, -0.2) is 53.0 Å². The lowest BCUT2D eigenvalue weighted by Gasteiger charge is -2.32. The predicted molar refractivity (Wildman–Crippen MR) is 127 cm³/mol. The molecule has 1 amide bonds. The molecular weight excluding hydrogens is 432 g/mol. The van der Waals surface area contributed by atoms with Crippen molar-refractivity contribution in [2.45, 2.75) is 38.6 Å². The number of carbonyl (C=O) groups excluding carboxylic acids is 1. The zero-order chi connectivity index (χ0) is 23.7. The number of nitrogen functional groups attached to an aromatic ring is 2. The van der Waals surface area contributed by atoms with Gasteiger partial charge in [-0.25, -0.2) is 9.97 Å². The number of ether oxygens (including phenoxy) is 1. The quantitative estimate of drug-likeness (QED) is 0.249. The Balaban J connectivity index is 2.00. The number of methoxy groups -OCH3 is 1. The van der Waals surface area contributed by atoms with Crippen LogP contribution < -0.4 is 27.3 Å². The van der Waals surface area contributed by atoms with Gasteiger partial charge in [-0.2, -0.15) is 0 Å². The first-order chi connectivity index (χ1) is 15.3. The number of amides is 1. The zero-order valence-corrected chi connectivity index (χ0v) is 19.2. The summed E-state index contributed by atoms with van der Waals surface area (Å²) in [5.74, 6) is 0.121. The molecule has 11 heteroatoms. The highest BCUT2D eigenvalue weighted by molar-refractivity contribution is 6.31. The number of aryl methyl sites for hydroxylation is 1. The summed E-state index contributed by atoms with van der Waals surface area (Å²) in [7, 11) is 1.63. The summed E-state index contributed by atoms with van der Waals surface area (Å²) >= 11 is 5.86. The summed E-state index contributed by atoms with van der Waals surface area (Å²) in [6.07, 6.45) is 3.23. The second-order valence-corrected chi connectivity index (χ2v) is 7.67. The summed E-state index contributed by atoms with van der Waals surface area (Å²) in [5, 5.41) is 10.7. The third-order valence-corrected chi connectivity index (χ3v) is 5.29. The van der Waals surface area contributed by atoms with Crippen LogP contribution >= 0.6 is 11.6 Å². The molecule has 2 aromatic rings. The minimum atomic E-state index is -0.514. The molecule has 0 saturated carbocycles. The van der Waals surface area contributed by atoms with Gasteiger partial charge in [-0.15, -0.1) is 0 Å². The summed E-state index contributed by atoms with van der Waals surface area (Å²) in [6.45, 7) is 2.88. The van der Waals surface area contributed by atoms with E-state index in [4.69, 9.17) is 38.9 Å². The number of carbonyl (C=O) groups is 1.